The number of phenolic OH excluding ortho intramolecular Hbond substituents is 1. The largest absolute Gasteiger partial charge is 0.508 e. The molecule has 454 valence electrons. The van der Waals surface area contributed by atoms with E-state index < -0.39 is 138 Å². The third-order valence-corrected chi connectivity index (χ3v) is 17.4. The van der Waals surface area contributed by atoms with Crippen LogP contribution in [-0.4, -0.2) is 155 Å². The van der Waals surface area contributed by atoms with Crippen molar-refractivity contribution in [2.45, 2.75) is 213 Å². The summed E-state index contributed by atoms with van der Waals surface area (Å²) >= 11 is 0. The molecule has 81 heavy (non-hydrogen) atoms. The Morgan fingerprint density at radius 2 is 1.60 bits per heavy atom. The number of nitrogens with one attached hydrogen (secondary N) is 4. The molecule has 1 aromatic carbocycles. The fourth-order valence-electron chi connectivity index (χ4n) is 11.7. The number of piperidine rings is 1. The van der Waals surface area contributed by atoms with E-state index in [1.807, 2.05) is 34.6 Å². The number of hydrogen-bond acceptors (Lipinski definition) is 16. The fraction of sp³-hybridized carbons (Fsp3) is 0.700. The number of Topliss-reactive ketones (excluding diaryl/α,β-unsaturated/α-hetero) is 1. The molecule has 20 nitrogen and oxygen atoms in total. The van der Waals surface area contributed by atoms with E-state index in [0.717, 1.165) is 17.1 Å². The Kier molecular flexibility index (Phi) is 24.6. The van der Waals surface area contributed by atoms with Crippen molar-refractivity contribution in [2.24, 2.45) is 47.3 Å². The van der Waals surface area contributed by atoms with Gasteiger partial charge in [0.15, 0.2) is 0 Å². The lowest BCUT2D eigenvalue weighted by molar-refractivity contribution is -0.267. The molecule has 0 saturated carbocycles. The number of aromatic hydroxyl groups is 1. The van der Waals surface area contributed by atoms with Crippen LogP contribution in [0.15, 0.2) is 54.2 Å². The highest BCUT2D eigenvalue weighted by atomic mass is 19.1. The third-order valence-electron chi connectivity index (χ3n) is 17.4. The molecule has 0 aromatic heterocycles. The number of hydrazine groups is 1. The summed E-state index contributed by atoms with van der Waals surface area (Å²) in [5.74, 6) is -8.98. The van der Waals surface area contributed by atoms with Crippen LogP contribution in [0.25, 0.3) is 0 Å². The SMILES string of the molecule is CC[C@H]1C[C@H](C)[C@@]2(NC1=O)O[C@@H](C[C@H](O)[C@@H](C)CCC(O)C(O)/C=C(\C)[C@@H]1C/C=C/C=C/[C@H](O)[C@H](C)[C@@H](O)[C@@H](CCC(C)=O)C(=O)N[C@@H](C(C)C)C(=O)NC(Cc3cc(O)cc(F)c3)C(=O)N3CCCC(N3)C(=O)O1)[C@H](C)[C@H](O)[C@@H]2C. The number of cyclic esters (lactones) is 1. The van der Waals surface area contributed by atoms with Crippen molar-refractivity contribution >= 4 is 35.4 Å². The average molecular weight is 1140 g/mol. The van der Waals surface area contributed by atoms with E-state index in [1.54, 1.807) is 32.9 Å². The molecule has 0 radical (unpaired) electrons. The second-order valence-electron chi connectivity index (χ2n) is 23.9. The zero-order valence-electron chi connectivity index (χ0n) is 48.8. The van der Waals surface area contributed by atoms with Crippen molar-refractivity contribution in [2.75, 3.05) is 6.54 Å². The second-order valence-corrected chi connectivity index (χ2v) is 23.9. The van der Waals surface area contributed by atoms with Crippen LogP contribution in [0.5, 0.6) is 5.75 Å². The number of aliphatic hydroxyl groups is 6. The van der Waals surface area contributed by atoms with Crippen LogP contribution in [-0.2, 0) is 44.7 Å². The number of ether oxygens (including phenoxy) is 2. The van der Waals surface area contributed by atoms with Gasteiger partial charge in [0.2, 0.25) is 17.7 Å². The summed E-state index contributed by atoms with van der Waals surface area (Å²) < 4.78 is 27.4. The number of esters is 1. The van der Waals surface area contributed by atoms with Gasteiger partial charge in [-0.25, -0.2) is 9.82 Å². The van der Waals surface area contributed by atoms with Gasteiger partial charge in [0.05, 0.1) is 48.6 Å². The zero-order valence-corrected chi connectivity index (χ0v) is 48.8. The van der Waals surface area contributed by atoms with E-state index in [-0.39, 0.29) is 92.9 Å². The lowest BCUT2D eigenvalue weighted by Gasteiger charge is -2.56. The first kappa shape index (κ1) is 66.7. The van der Waals surface area contributed by atoms with Gasteiger partial charge in [0.1, 0.15) is 47.3 Å². The minimum atomic E-state index is -1.51. The number of rotatable bonds is 16. The van der Waals surface area contributed by atoms with E-state index in [4.69, 9.17) is 9.47 Å². The molecule has 4 aliphatic heterocycles. The van der Waals surface area contributed by atoms with Crippen LogP contribution >= 0.6 is 0 Å². The highest BCUT2D eigenvalue weighted by molar-refractivity contribution is 5.93. The summed E-state index contributed by atoms with van der Waals surface area (Å²) in [7, 11) is 0. The van der Waals surface area contributed by atoms with Gasteiger partial charge < -0.3 is 66.0 Å². The van der Waals surface area contributed by atoms with Gasteiger partial charge in [0, 0.05) is 67.9 Å². The maximum absolute atomic E-state index is 14.6. The van der Waals surface area contributed by atoms with Gasteiger partial charge in [0.25, 0.3) is 5.91 Å². The highest BCUT2D eigenvalue weighted by Crippen LogP contribution is 2.46. The molecule has 0 aliphatic carbocycles. The lowest BCUT2D eigenvalue weighted by Crippen LogP contribution is -2.71. The van der Waals surface area contributed by atoms with Crippen LogP contribution in [0.2, 0.25) is 0 Å². The Labute approximate surface area is 476 Å². The number of allylic oxidation sites excluding steroid dienone is 2. The molecular formula is C60H92FN5O15. The summed E-state index contributed by atoms with van der Waals surface area (Å²) in [5, 5.41) is 88.4. The monoisotopic (exact) mass is 1140 g/mol. The number of ketones is 1. The van der Waals surface area contributed by atoms with Crippen LogP contribution < -0.4 is 21.4 Å². The first-order valence-electron chi connectivity index (χ1n) is 29.0. The van der Waals surface area contributed by atoms with E-state index >= 15 is 0 Å². The fourth-order valence-corrected chi connectivity index (χ4v) is 11.7. The first-order chi connectivity index (χ1) is 38.1. The quantitative estimate of drug-likeness (QED) is 0.0830. The molecule has 5 rings (SSSR count). The molecule has 4 amide bonds. The minimum Gasteiger partial charge on any atom is -0.508 e. The molecule has 4 unspecified atom stereocenters. The van der Waals surface area contributed by atoms with Crippen molar-refractivity contribution in [1.82, 2.24) is 26.4 Å². The zero-order chi connectivity index (χ0) is 60.2. The molecule has 1 aromatic rings. The molecule has 21 heteroatoms. The molecule has 4 heterocycles. The molecule has 19 atom stereocenters. The number of aliphatic hydroxyl groups excluding tert-OH is 6. The van der Waals surface area contributed by atoms with Crippen molar-refractivity contribution in [3.63, 3.8) is 0 Å². The summed E-state index contributed by atoms with van der Waals surface area (Å²) in [6.07, 6.45) is 0.224. The number of halogens is 1. The number of carbonyl (C=O) groups is 6. The standard InChI is InChI=1S/C60H92FN5O15/c1-11-40-25-34(6)60(64-55(40)75)38(10)53(73)37(9)51(81-60)30-48(71)32(4)19-22-47(70)49(72)24-33(5)50-18-14-12-13-17-46(69)36(8)54(74)43(21-20-35(7)67)56(76)63-52(31(2)3)57(77)62-45(28-39-26-41(61)29-42(68)27-39)58(78)66-23-15-16-44(65-66)59(79)80-50/h12-14,17,24,26-27,29,31-32,34,36-38,40,43-54,65,68-74H,11,15-16,18-23,25,28,30H2,1-10H3,(H,62,77)(H,63,76)(H,64,75)/b14-12+,17-13+,33-24+/t32-,34-,36-,37-,38-,40-,43+,44?,45?,46-,47?,48-,49?,50-,51-,52-,53-,54+,60+/m0/s1. The van der Waals surface area contributed by atoms with Gasteiger partial charge in [-0.1, -0.05) is 85.8 Å². The Morgan fingerprint density at radius 3 is 2.26 bits per heavy atom. The molecular weight excluding hydrogens is 1050 g/mol. The van der Waals surface area contributed by atoms with Gasteiger partial charge in [-0.2, -0.15) is 0 Å². The smallest absolute Gasteiger partial charge is 0.325 e. The Bertz CT molecular complexity index is 2400. The number of nitrogens with zero attached hydrogens (tertiary/aromatic N) is 1. The van der Waals surface area contributed by atoms with Gasteiger partial charge >= 0.3 is 5.97 Å². The van der Waals surface area contributed by atoms with Crippen molar-refractivity contribution in [3.05, 3.63) is 65.5 Å². The van der Waals surface area contributed by atoms with E-state index in [0.29, 0.717) is 24.8 Å². The van der Waals surface area contributed by atoms with Crippen molar-refractivity contribution < 1.29 is 78.4 Å². The van der Waals surface area contributed by atoms with E-state index in [1.165, 1.54) is 38.1 Å². The minimum absolute atomic E-state index is 0.0189. The molecule has 1 spiro atoms. The molecule has 3 saturated heterocycles. The van der Waals surface area contributed by atoms with E-state index in [9.17, 15) is 68.9 Å². The van der Waals surface area contributed by atoms with Crippen LogP contribution in [0.3, 0.4) is 0 Å². The molecule has 11 N–H and O–H groups in total. The predicted molar refractivity (Wildman–Crippen MR) is 298 cm³/mol. The van der Waals surface area contributed by atoms with Crippen LogP contribution in [0.4, 0.5) is 4.39 Å². The number of benzene rings is 1. The summed E-state index contributed by atoms with van der Waals surface area (Å²) in [6, 6.07) is -0.673. The number of amides is 4. The third kappa shape index (κ3) is 17.5. The number of phenols is 1. The average Bonchev–Trinajstić information content (AvgIpc) is 3.52. The van der Waals surface area contributed by atoms with Gasteiger partial charge in [-0.3, -0.25) is 29.0 Å². The van der Waals surface area contributed by atoms with Crippen molar-refractivity contribution in [1.29, 1.82) is 0 Å². The van der Waals surface area contributed by atoms with Gasteiger partial charge in [-0.15, -0.1) is 0 Å². The predicted octanol–water partition coefficient (Wildman–Crippen LogP) is 3.71. The Morgan fingerprint density at radius 1 is 0.901 bits per heavy atom. The first-order valence-corrected chi connectivity index (χ1v) is 29.0. The molecule has 4 aliphatic rings. The maximum Gasteiger partial charge on any atom is 0.325 e. The lowest BCUT2D eigenvalue weighted by atomic mass is 9.69. The summed E-state index contributed by atoms with van der Waals surface area (Å²) in [5.41, 5.74) is 2.31. The highest BCUT2D eigenvalue weighted by Gasteiger charge is 2.57. The summed E-state index contributed by atoms with van der Waals surface area (Å²) in [4.78, 5) is 82.3. The van der Waals surface area contributed by atoms with Crippen LogP contribution in [0, 0.1) is 53.2 Å². The Balaban J connectivity index is 1.37. The second kappa shape index (κ2) is 29.9. The van der Waals surface area contributed by atoms with Crippen molar-refractivity contribution in [3.8, 4) is 5.75 Å². The van der Waals surface area contributed by atoms with E-state index in [2.05, 4.69) is 21.4 Å². The normalized spacial score (nSPS) is 34.8. The topological polar surface area (TPSA) is 314 Å². The summed E-state index contributed by atoms with van der Waals surface area (Å²) in [6.45, 7) is 17.3. The molecule has 2 bridgehead atoms. The number of fused-ring (bicyclic) bond motifs is 2. The Hall–Kier alpha value is -5.13. The van der Waals surface area contributed by atoms with Gasteiger partial charge in [-0.05, 0) is 93.9 Å². The number of carbonyl (C=O) groups excluding carboxylic acids is 6. The number of hydrogen-bond donors (Lipinski definition) is 11. The molecule has 3 fully saturated rings. The maximum atomic E-state index is 14.6. The van der Waals surface area contributed by atoms with Crippen LogP contribution in [0.1, 0.15) is 139 Å².